The summed E-state index contributed by atoms with van der Waals surface area (Å²) in [5.41, 5.74) is 8.59. The second kappa shape index (κ2) is 21.0. The van der Waals surface area contributed by atoms with Crippen molar-refractivity contribution in [1.29, 1.82) is 0 Å². The van der Waals surface area contributed by atoms with Gasteiger partial charge in [-0.3, -0.25) is 0 Å². The SMILES string of the molecule is CC(C)(C)B1OB(c2cc(C(C)(C)C)cc(B3OB(C(C)(C)C)OB(C(C)(C)C)O3)c2N2[CH-]N(c3[c-]c(Oc4[c-]c5c(cc4)c4ccccc4n5-c4cc(C(C)(C)C)ccn4)cnc3)c3ccccc32)OB(C(C)(C)C)O1.[Pt]. The topological polar surface area (TPSA) is 102 Å². The van der Waals surface area contributed by atoms with E-state index in [-0.39, 0.29) is 53.2 Å². The maximum Gasteiger partial charge on any atom is 0.468 e. The summed E-state index contributed by atoms with van der Waals surface area (Å²) in [5.74, 6) is 1.75. The molecule has 0 saturated carbocycles. The molecule has 0 spiro atoms. The van der Waals surface area contributed by atoms with E-state index in [0.29, 0.717) is 17.2 Å². The van der Waals surface area contributed by atoms with Gasteiger partial charge in [-0.25, -0.2) is 4.98 Å². The molecule has 10 rings (SSSR count). The number of fused-ring (bicyclic) bond motifs is 4. The van der Waals surface area contributed by atoms with E-state index < -0.39 is 42.7 Å². The average Bonchev–Trinajstić information content (AvgIpc) is 4.11. The summed E-state index contributed by atoms with van der Waals surface area (Å²) in [7, 11) is -4.13. The number of nitrogens with zero attached hydrogens (tertiary/aromatic N) is 5. The molecule has 0 bridgehead atoms. The first-order chi connectivity index (χ1) is 35.9. The molecule has 0 aliphatic carbocycles. The van der Waals surface area contributed by atoms with Gasteiger partial charge >= 0.3 is 42.7 Å². The molecule has 4 aromatic carbocycles. The fraction of sp³-hybridized carbons (Fsp3) is 0.407. The summed E-state index contributed by atoms with van der Waals surface area (Å²) in [6.45, 7) is 40.9. The van der Waals surface area contributed by atoms with Gasteiger partial charge in [0.15, 0.2) is 0 Å². The van der Waals surface area contributed by atoms with Gasteiger partial charge in [-0.05, 0) is 85.1 Å². The largest absolute Gasteiger partial charge is 0.508 e. The minimum atomic E-state index is -0.866. The van der Waals surface area contributed by atoms with Gasteiger partial charge in [0.2, 0.25) is 0 Å². The summed E-state index contributed by atoms with van der Waals surface area (Å²) in [5, 5.41) is 0.589. The molecule has 6 heterocycles. The van der Waals surface area contributed by atoms with E-state index in [9.17, 15) is 0 Å². The van der Waals surface area contributed by atoms with Crippen LogP contribution in [0.2, 0.25) is 21.3 Å². The molecule has 0 atom stereocenters. The van der Waals surface area contributed by atoms with Gasteiger partial charge < -0.3 is 51.5 Å². The van der Waals surface area contributed by atoms with Gasteiger partial charge in [-0.1, -0.05) is 184 Å². The van der Waals surface area contributed by atoms with Crippen LogP contribution in [0.25, 0.3) is 27.6 Å². The Bertz CT molecular complexity index is 3230. The van der Waals surface area contributed by atoms with Crippen molar-refractivity contribution in [2.75, 3.05) is 9.80 Å². The predicted octanol–water partition coefficient (Wildman–Crippen LogP) is 13.6. The third-order valence-corrected chi connectivity index (χ3v) is 14.2. The molecule has 7 aromatic rings. The molecule has 406 valence electrons. The van der Waals surface area contributed by atoms with Crippen molar-refractivity contribution in [2.24, 2.45) is 0 Å². The normalized spacial score (nSPS) is 16.2. The molecule has 3 aliphatic heterocycles. The molecule has 12 nitrogen and oxygen atoms in total. The van der Waals surface area contributed by atoms with E-state index >= 15 is 0 Å². The molecule has 0 unspecified atom stereocenters. The van der Waals surface area contributed by atoms with E-state index in [1.165, 1.54) is 5.56 Å². The molecule has 2 saturated heterocycles. The first-order valence-corrected chi connectivity index (χ1v) is 27.0. The Kier molecular flexibility index (Phi) is 15.6. The summed E-state index contributed by atoms with van der Waals surface area (Å²) < 4.78 is 50.4. The fourth-order valence-corrected chi connectivity index (χ4v) is 9.86. The molecule has 0 N–H and O–H groups in total. The van der Waals surface area contributed by atoms with Crippen molar-refractivity contribution in [3.05, 3.63) is 133 Å². The number of pyridine rings is 2. The second-order valence-corrected chi connectivity index (χ2v) is 27.3. The zero-order valence-electron chi connectivity index (χ0n) is 48.8. The number of ether oxygens (including phenoxy) is 1. The molecule has 0 amide bonds. The van der Waals surface area contributed by atoms with Crippen LogP contribution in [-0.2, 0) is 59.3 Å². The molecule has 3 aromatic heterocycles. The van der Waals surface area contributed by atoms with E-state index in [0.717, 1.165) is 61.2 Å². The fourth-order valence-electron chi connectivity index (χ4n) is 9.86. The van der Waals surface area contributed by atoms with E-state index in [4.69, 9.17) is 42.1 Å². The number of benzene rings is 4. The third-order valence-electron chi connectivity index (χ3n) is 14.2. The van der Waals surface area contributed by atoms with E-state index in [1.54, 1.807) is 12.4 Å². The molecule has 0 radical (unpaired) electrons. The molecule has 2 fully saturated rings. The summed E-state index contributed by atoms with van der Waals surface area (Å²) in [6, 6.07) is 36.6. The van der Waals surface area contributed by atoms with Crippen LogP contribution in [0.1, 0.15) is 136 Å². The maximum absolute atomic E-state index is 7.04. The maximum atomic E-state index is 7.04. The van der Waals surface area contributed by atoms with Crippen LogP contribution in [0.3, 0.4) is 0 Å². The van der Waals surface area contributed by atoms with Crippen LogP contribution in [-0.4, -0.2) is 57.2 Å². The molecule has 19 heteroatoms. The Morgan fingerprint density at radius 3 is 1.55 bits per heavy atom. The van der Waals surface area contributed by atoms with Crippen molar-refractivity contribution in [3.63, 3.8) is 0 Å². The van der Waals surface area contributed by atoms with Crippen molar-refractivity contribution in [2.45, 2.75) is 157 Å². The van der Waals surface area contributed by atoms with Crippen LogP contribution < -0.4 is 25.5 Å². The van der Waals surface area contributed by atoms with Crippen LogP contribution in [0, 0.1) is 18.8 Å². The first-order valence-electron chi connectivity index (χ1n) is 27.0. The van der Waals surface area contributed by atoms with Crippen molar-refractivity contribution >= 4 is 98.2 Å². The standard InChI is InChI=1S/C59H72B6N5O7.Pt/c1-54(2,3)39-29-30-67-52(33-39)70-48-24-20-19-23-44(48)45-28-27-42(35-51(45)70)71-43-34-41(36-66-37-43)68-38-69(50-26-22-21-25-49(50)68)53-46(60-72-62(56(7,8)9)76-63(73-60)57(10,11)12)31-40(55(4,5)6)32-47(53)61-74-64(58(13,14)15)77-65(75-61)59(16,17)18;/h19-33,36-38H,1-18H3;/q-3;. The summed E-state index contributed by atoms with van der Waals surface area (Å²) >= 11 is 0. The average molecular weight is 1220 g/mol. The van der Waals surface area contributed by atoms with E-state index in [1.807, 2.05) is 24.4 Å². The van der Waals surface area contributed by atoms with Crippen LogP contribution in [0.15, 0.2) is 104 Å². The van der Waals surface area contributed by atoms with Crippen molar-refractivity contribution in [3.8, 4) is 17.3 Å². The first kappa shape index (κ1) is 57.9. The zero-order chi connectivity index (χ0) is 55.4. The Morgan fingerprint density at radius 1 is 0.513 bits per heavy atom. The Hall–Kier alpha value is -4.78. The Balaban J connectivity index is 0.00000740. The zero-order valence-corrected chi connectivity index (χ0v) is 51.0. The van der Waals surface area contributed by atoms with Gasteiger partial charge in [0.25, 0.3) is 0 Å². The smallest absolute Gasteiger partial charge is 0.468 e. The van der Waals surface area contributed by atoms with Gasteiger partial charge in [-0.2, -0.15) is 6.07 Å². The van der Waals surface area contributed by atoms with Gasteiger partial charge in [-0.15, -0.1) is 30.3 Å². The molecular weight excluding hydrogens is 1150 g/mol. The van der Waals surface area contributed by atoms with Crippen molar-refractivity contribution in [1.82, 2.24) is 14.5 Å². The number of rotatable bonds is 7. The molecular formula is C59H72B6N5O7Pt-3. The summed E-state index contributed by atoms with van der Waals surface area (Å²) in [6.07, 6.45) is 5.36. The monoisotopic (exact) mass is 1220 g/mol. The molecule has 78 heavy (non-hydrogen) atoms. The number of para-hydroxylation sites is 3. The van der Waals surface area contributed by atoms with Crippen molar-refractivity contribution < 1.29 is 53.2 Å². The van der Waals surface area contributed by atoms with Gasteiger partial charge in [0.1, 0.15) is 5.82 Å². The molecule has 3 aliphatic rings. The van der Waals surface area contributed by atoms with Gasteiger partial charge in [0.05, 0.1) is 0 Å². The predicted molar refractivity (Wildman–Crippen MR) is 319 cm³/mol. The quantitative estimate of drug-likeness (QED) is 0.113. The number of hydrogen-bond acceptors (Lipinski definition) is 11. The van der Waals surface area contributed by atoms with Gasteiger partial charge in [0, 0.05) is 72.3 Å². The van der Waals surface area contributed by atoms with Crippen LogP contribution in [0.4, 0.5) is 22.7 Å². The minimum absolute atomic E-state index is 0. The van der Waals surface area contributed by atoms with Crippen LogP contribution >= 0.6 is 0 Å². The number of anilines is 4. The van der Waals surface area contributed by atoms with Crippen LogP contribution in [0.5, 0.6) is 11.5 Å². The third kappa shape index (κ3) is 11.6. The second-order valence-electron chi connectivity index (χ2n) is 27.3. The summed E-state index contributed by atoms with van der Waals surface area (Å²) in [4.78, 5) is 13.9. The van der Waals surface area contributed by atoms with E-state index in [2.05, 4.69) is 225 Å². The number of aromatic nitrogens is 3. The Morgan fingerprint density at radius 2 is 1.03 bits per heavy atom. The minimum Gasteiger partial charge on any atom is -0.508 e. The Labute approximate surface area is 480 Å². The number of hydrogen-bond donors (Lipinski definition) is 0.